The van der Waals surface area contributed by atoms with E-state index in [1.54, 1.807) is 0 Å². The van der Waals surface area contributed by atoms with Gasteiger partial charge in [0.15, 0.2) is 5.75 Å². The molecule has 8 heteroatoms. The van der Waals surface area contributed by atoms with E-state index in [1.165, 1.54) is 19.4 Å². The second kappa shape index (κ2) is 11.1. The molecule has 0 radical (unpaired) electrons. The van der Waals surface area contributed by atoms with E-state index in [0.29, 0.717) is 44.0 Å². The van der Waals surface area contributed by atoms with Crippen LogP contribution >= 0.6 is 0 Å². The van der Waals surface area contributed by atoms with Gasteiger partial charge in [0, 0.05) is 25.3 Å². The van der Waals surface area contributed by atoms with Gasteiger partial charge in [0.05, 0.1) is 19.3 Å². The Morgan fingerprint density at radius 3 is 2.52 bits per heavy atom. The van der Waals surface area contributed by atoms with Crippen LogP contribution in [-0.2, 0) is 17.6 Å². The fourth-order valence-electron chi connectivity index (χ4n) is 4.10. The largest absolute Gasteiger partial charge is 0.488 e. The molecule has 3 rings (SSSR count). The number of carboxylic acid groups (broad SMARTS) is 1. The zero-order chi connectivity index (χ0) is 23.8. The Morgan fingerprint density at radius 1 is 1.18 bits per heavy atom. The van der Waals surface area contributed by atoms with E-state index in [-0.39, 0.29) is 18.1 Å². The van der Waals surface area contributed by atoms with Crippen molar-refractivity contribution in [2.45, 2.75) is 51.0 Å². The zero-order valence-electron chi connectivity index (χ0n) is 19.2. The standard InChI is InChI=1S/C25H32N2O6/c1-17-6-10-25(11-7-17,24(30)31)27-22(29)20-15-21(23(32-2)26-16-20)33-13-9-19-5-3-4-18(14-19)8-12-28/h3-5,14-17,28H,6-13H2,1-2H3,(H,27,29)(H,30,31)/t17-,25+. The van der Waals surface area contributed by atoms with E-state index in [9.17, 15) is 14.7 Å². The Labute approximate surface area is 193 Å². The van der Waals surface area contributed by atoms with E-state index in [0.717, 1.165) is 24.0 Å². The predicted molar refractivity (Wildman–Crippen MR) is 123 cm³/mol. The van der Waals surface area contributed by atoms with Gasteiger partial charge in [-0.15, -0.1) is 0 Å². The lowest BCUT2D eigenvalue weighted by Crippen LogP contribution is -2.56. The van der Waals surface area contributed by atoms with E-state index < -0.39 is 17.4 Å². The molecule has 0 bridgehead atoms. The number of hydrogen-bond donors (Lipinski definition) is 3. The molecule has 1 saturated carbocycles. The van der Waals surface area contributed by atoms with Crippen LogP contribution in [0.1, 0.15) is 54.1 Å². The number of carboxylic acids is 1. The first-order valence-electron chi connectivity index (χ1n) is 11.3. The summed E-state index contributed by atoms with van der Waals surface area (Å²) in [5.74, 6) is -0.493. The second-order valence-corrected chi connectivity index (χ2v) is 8.65. The zero-order valence-corrected chi connectivity index (χ0v) is 19.2. The summed E-state index contributed by atoms with van der Waals surface area (Å²) in [6, 6.07) is 9.45. The van der Waals surface area contributed by atoms with Crippen molar-refractivity contribution in [1.82, 2.24) is 10.3 Å². The Hall–Kier alpha value is -3.13. The highest BCUT2D eigenvalue weighted by Crippen LogP contribution is 2.33. The van der Waals surface area contributed by atoms with E-state index in [1.807, 2.05) is 24.3 Å². The summed E-state index contributed by atoms with van der Waals surface area (Å²) in [7, 11) is 1.47. The number of amides is 1. The summed E-state index contributed by atoms with van der Waals surface area (Å²) in [6.07, 6.45) is 4.89. The normalized spacial score (nSPS) is 20.2. The molecule has 0 unspecified atom stereocenters. The summed E-state index contributed by atoms with van der Waals surface area (Å²) >= 11 is 0. The molecule has 2 aromatic rings. The first kappa shape index (κ1) is 24.5. The Morgan fingerprint density at radius 2 is 1.88 bits per heavy atom. The molecule has 1 amide bonds. The molecule has 1 aromatic carbocycles. The van der Waals surface area contributed by atoms with Gasteiger partial charge in [-0.3, -0.25) is 4.79 Å². The molecule has 3 N–H and O–H groups in total. The lowest BCUT2D eigenvalue weighted by atomic mass is 9.77. The van der Waals surface area contributed by atoms with Gasteiger partial charge in [0.1, 0.15) is 5.54 Å². The van der Waals surface area contributed by atoms with Crippen LogP contribution in [0.5, 0.6) is 11.6 Å². The van der Waals surface area contributed by atoms with Gasteiger partial charge < -0.3 is 25.0 Å². The number of nitrogens with one attached hydrogen (secondary N) is 1. The van der Waals surface area contributed by atoms with Crippen LogP contribution in [0.15, 0.2) is 36.5 Å². The fourth-order valence-corrected chi connectivity index (χ4v) is 4.10. The quantitative estimate of drug-likeness (QED) is 0.503. The number of rotatable bonds is 10. The minimum Gasteiger partial charge on any atom is -0.488 e. The number of carbonyl (C=O) groups is 2. The molecule has 1 aromatic heterocycles. The molecule has 33 heavy (non-hydrogen) atoms. The van der Waals surface area contributed by atoms with Crippen LogP contribution in [-0.4, -0.2) is 52.9 Å². The van der Waals surface area contributed by atoms with Gasteiger partial charge in [-0.25, -0.2) is 9.78 Å². The third kappa shape index (κ3) is 6.22. The predicted octanol–water partition coefficient (Wildman–Crippen LogP) is 3.01. The van der Waals surface area contributed by atoms with Gasteiger partial charge in [-0.05, 0) is 49.1 Å². The summed E-state index contributed by atoms with van der Waals surface area (Å²) in [5, 5.41) is 21.6. The number of nitrogens with zero attached hydrogens (tertiary/aromatic N) is 1. The number of hydrogen-bond acceptors (Lipinski definition) is 6. The average Bonchev–Trinajstić information content (AvgIpc) is 2.81. The molecule has 1 heterocycles. The summed E-state index contributed by atoms with van der Waals surface area (Å²) in [6.45, 7) is 2.52. The maximum atomic E-state index is 12.9. The third-order valence-corrected chi connectivity index (χ3v) is 6.20. The van der Waals surface area contributed by atoms with Crippen LogP contribution in [0.4, 0.5) is 0 Å². The topological polar surface area (TPSA) is 118 Å². The molecule has 8 nitrogen and oxygen atoms in total. The van der Waals surface area contributed by atoms with E-state index in [4.69, 9.17) is 14.6 Å². The molecular formula is C25H32N2O6. The lowest BCUT2D eigenvalue weighted by molar-refractivity contribution is -0.146. The first-order valence-corrected chi connectivity index (χ1v) is 11.3. The molecular weight excluding hydrogens is 424 g/mol. The fraction of sp³-hybridized carbons (Fsp3) is 0.480. The van der Waals surface area contributed by atoms with Gasteiger partial charge in [-0.2, -0.15) is 0 Å². The van der Waals surface area contributed by atoms with Gasteiger partial charge in [-0.1, -0.05) is 31.2 Å². The van der Waals surface area contributed by atoms with Gasteiger partial charge in [0.25, 0.3) is 11.8 Å². The van der Waals surface area contributed by atoms with Crippen LogP contribution < -0.4 is 14.8 Å². The number of ether oxygens (including phenoxy) is 2. The van der Waals surface area contributed by atoms with Crippen molar-refractivity contribution in [1.29, 1.82) is 0 Å². The first-order chi connectivity index (χ1) is 15.9. The van der Waals surface area contributed by atoms with Crippen molar-refractivity contribution in [2.24, 2.45) is 5.92 Å². The van der Waals surface area contributed by atoms with Crippen LogP contribution in [0.25, 0.3) is 0 Å². The number of aliphatic hydroxyl groups is 1. The molecule has 0 atom stereocenters. The number of aliphatic carboxylic acids is 1. The van der Waals surface area contributed by atoms with Crippen molar-refractivity contribution in [2.75, 3.05) is 20.3 Å². The Kier molecular flexibility index (Phi) is 8.27. The Balaban J connectivity index is 1.69. The van der Waals surface area contributed by atoms with E-state index in [2.05, 4.69) is 17.2 Å². The van der Waals surface area contributed by atoms with Crippen molar-refractivity contribution < 1.29 is 29.3 Å². The number of methoxy groups -OCH3 is 1. The Bertz CT molecular complexity index is 969. The SMILES string of the molecule is COc1ncc(C(=O)N[C@]2(C(=O)O)CC[C@H](C)CC2)cc1OCCc1cccc(CCO)c1. The number of benzene rings is 1. The lowest BCUT2D eigenvalue weighted by Gasteiger charge is -2.36. The molecule has 1 fully saturated rings. The molecule has 0 saturated heterocycles. The van der Waals surface area contributed by atoms with Gasteiger partial charge >= 0.3 is 5.97 Å². The highest BCUT2D eigenvalue weighted by molar-refractivity contribution is 5.98. The van der Waals surface area contributed by atoms with Crippen LogP contribution in [0.2, 0.25) is 0 Å². The van der Waals surface area contributed by atoms with E-state index >= 15 is 0 Å². The van der Waals surface area contributed by atoms with Crippen molar-refractivity contribution >= 4 is 11.9 Å². The van der Waals surface area contributed by atoms with Crippen molar-refractivity contribution in [3.63, 3.8) is 0 Å². The van der Waals surface area contributed by atoms with Gasteiger partial charge in [0.2, 0.25) is 0 Å². The van der Waals surface area contributed by atoms with Crippen LogP contribution in [0.3, 0.4) is 0 Å². The minimum absolute atomic E-state index is 0.0971. The molecule has 1 aliphatic carbocycles. The average molecular weight is 457 g/mol. The maximum Gasteiger partial charge on any atom is 0.329 e. The summed E-state index contributed by atoms with van der Waals surface area (Å²) < 4.78 is 11.1. The monoisotopic (exact) mass is 456 g/mol. The third-order valence-electron chi connectivity index (χ3n) is 6.20. The number of carbonyl (C=O) groups excluding carboxylic acids is 1. The number of aliphatic hydroxyl groups excluding tert-OH is 1. The second-order valence-electron chi connectivity index (χ2n) is 8.65. The van der Waals surface area contributed by atoms with Crippen LogP contribution in [0, 0.1) is 5.92 Å². The maximum absolute atomic E-state index is 12.9. The highest BCUT2D eigenvalue weighted by atomic mass is 16.5. The molecule has 0 spiro atoms. The highest BCUT2D eigenvalue weighted by Gasteiger charge is 2.42. The molecule has 178 valence electrons. The number of pyridine rings is 1. The minimum atomic E-state index is -1.26. The number of aromatic nitrogens is 1. The molecule has 1 aliphatic rings. The smallest absolute Gasteiger partial charge is 0.329 e. The van der Waals surface area contributed by atoms with Crippen molar-refractivity contribution in [3.8, 4) is 11.6 Å². The van der Waals surface area contributed by atoms with Crippen molar-refractivity contribution in [3.05, 3.63) is 53.2 Å². The molecule has 0 aliphatic heterocycles. The summed E-state index contributed by atoms with van der Waals surface area (Å²) in [4.78, 5) is 29.1. The summed E-state index contributed by atoms with van der Waals surface area (Å²) in [5.41, 5.74) is 1.08.